The van der Waals surface area contributed by atoms with Crippen molar-refractivity contribution in [1.82, 2.24) is 15.2 Å². The number of allylic oxidation sites excluding steroid dienone is 1. The van der Waals surface area contributed by atoms with E-state index in [1.165, 1.54) is 18.9 Å². The van der Waals surface area contributed by atoms with Crippen molar-refractivity contribution < 1.29 is 19.1 Å². The van der Waals surface area contributed by atoms with Crippen LogP contribution in [0.3, 0.4) is 0 Å². The van der Waals surface area contributed by atoms with Gasteiger partial charge >= 0.3 is 5.97 Å². The maximum absolute atomic E-state index is 13.2. The molecule has 0 saturated carbocycles. The molecule has 0 saturated heterocycles. The van der Waals surface area contributed by atoms with Crippen LogP contribution in [0.2, 0.25) is 0 Å². The van der Waals surface area contributed by atoms with Gasteiger partial charge in [0.25, 0.3) is 0 Å². The minimum absolute atomic E-state index is 0.117. The summed E-state index contributed by atoms with van der Waals surface area (Å²) in [5.41, 5.74) is 3.63. The number of hydrogen-bond donors (Lipinski definition) is 1. The zero-order valence-corrected chi connectivity index (χ0v) is 23.2. The minimum atomic E-state index is -0.531. The summed E-state index contributed by atoms with van der Waals surface area (Å²) in [4.78, 5) is 37.2. The second-order valence-electron chi connectivity index (χ2n) is 9.18. The van der Waals surface area contributed by atoms with Crippen molar-refractivity contribution in [3.05, 3.63) is 113 Å². The largest absolute Gasteiger partial charge is 0.466 e. The Kier molecular flexibility index (Phi) is 8.61. The van der Waals surface area contributed by atoms with Crippen LogP contribution in [-0.2, 0) is 20.7 Å². The van der Waals surface area contributed by atoms with E-state index in [0.29, 0.717) is 42.2 Å². The van der Waals surface area contributed by atoms with E-state index in [9.17, 15) is 9.59 Å². The molecule has 1 amide bonds. The average molecular weight is 555 g/mol. The van der Waals surface area contributed by atoms with Crippen molar-refractivity contribution in [3.63, 3.8) is 0 Å². The number of nitrogens with zero attached hydrogens (tertiary/aromatic N) is 3. The van der Waals surface area contributed by atoms with E-state index >= 15 is 0 Å². The number of nitrogens with one attached hydrogen (secondary N) is 1. The maximum Gasteiger partial charge on any atom is 0.338 e. The van der Waals surface area contributed by atoms with Gasteiger partial charge in [0.2, 0.25) is 5.91 Å². The van der Waals surface area contributed by atoms with Crippen molar-refractivity contribution in [3.8, 4) is 11.5 Å². The van der Waals surface area contributed by atoms with Crippen LogP contribution in [0.5, 0.6) is 11.5 Å². The van der Waals surface area contributed by atoms with Crippen molar-refractivity contribution in [2.45, 2.75) is 32.2 Å². The van der Waals surface area contributed by atoms with Crippen molar-refractivity contribution in [2.24, 2.45) is 4.99 Å². The average Bonchev–Trinajstić information content (AvgIpc) is 3.38. The number of ether oxygens (including phenoxy) is 2. The number of amides is 1. The number of methoxy groups -OCH3 is 1. The van der Waals surface area contributed by atoms with Gasteiger partial charge in [0, 0.05) is 30.6 Å². The molecular formula is C31H30N4O4S. The van der Waals surface area contributed by atoms with Gasteiger partial charge in [0.05, 0.1) is 30.8 Å². The van der Waals surface area contributed by atoms with Gasteiger partial charge in [0.15, 0.2) is 5.17 Å². The summed E-state index contributed by atoms with van der Waals surface area (Å²) in [7, 11) is 1.37. The van der Waals surface area contributed by atoms with Gasteiger partial charge in [0.1, 0.15) is 11.5 Å². The number of esters is 1. The third kappa shape index (κ3) is 6.10. The number of rotatable bonds is 10. The number of pyridine rings is 1. The molecule has 8 nitrogen and oxygen atoms in total. The number of thioether (sulfide) groups is 1. The van der Waals surface area contributed by atoms with E-state index in [-0.39, 0.29) is 12.3 Å². The predicted octanol–water partition coefficient (Wildman–Crippen LogP) is 5.76. The molecule has 204 valence electrons. The first kappa shape index (κ1) is 27.2. The Balaban J connectivity index is 1.41. The van der Waals surface area contributed by atoms with E-state index in [2.05, 4.69) is 10.3 Å². The van der Waals surface area contributed by atoms with Crippen molar-refractivity contribution in [2.75, 3.05) is 13.7 Å². The number of aromatic nitrogens is 1. The second kappa shape index (κ2) is 12.7. The summed E-state index contributed by atoms with van der Waals surface area (Å²) in [6.07, 6.45) is 3.08. The van der Waals surface area contributed by atoms with E-state index in [0.717, 1.165) is 22.1 Å². The van der Waals surface area contributed by atoms with Gasteiger partial charge in [-0.1, -0.05) is 55.1 Å². The van der Waals surface area contributed by atoms with E-state index in [1.54, 1.807) is 6.20 Å². The van der Waals surface area contributed by atoms with E-state index in [4.69, 9.17) is 14.5 Å². The molecule has 0 bridgehead atoms. The zero-order valence-electron chi connectivity index (χ0n) is 22.4. The lowest BCUT2D eigenvalue weighted by atomic mass is 9.92. The van der Waals surface area contributed by atoms with Gasteiger partial charge < -0.3 is 19.7 Å². The van der Waals surface area contributed by atoms with Gasteiger partial charge in [-0.15, -0.1) is 0 Å². The van der Waals surface area contributed by atoms with Crippen molar-refractivity contribution >= 4 is 28.8 Å². The molecule has 3 heterocycles. The molecule has 9 heteroatoms. The zero-order chi connectivity index (χ0) is 27.9. The molecule has 2 aliphatic heterocycles. The summed E-state index contributed by atoms with van der Waals surface area (Å²) < 4.78 is 11.3. The van der Waals surface area contributed by atoms with E-state index in [1.807, 2.05) is 90.0 Å². The highest BCUT2D eigenvalue weighted by Gasteiger charge is 2.41. The van der Waals surface area contributed by atoms with Crippen LogP contribution in [-0.4, -0.2) is 40.6 Å². The first-order chi connectivity index (χ1) is 19.6. The maximum atomic E-state index is 13.2. The van der Waals surface area contributed by atoms with Gasteiger partial charge in [-0.05, 0) is 53.8 Å². The SMILES string of the molecule is CCC1=C(C(=O)OC)[C@H](c2cccc(Oc3ccccc3)c2)N2C(CC(=O)NCCc3ccccn3)=CSC2=N1. The number of carbonyl (C=O) groups excluding carboxylic acids is 2. The summed E-state index contributed by atoms with van der Waals surface area (Å²) in [6.45, 7) is 2.44. The standard InChI is InChI=1S/C31H30N4O4S/c1-3-26-28(30(37)38-2)29(21-10-9-14-25(18-21)39-24-12-5-4-6-13-24)35-23(20-40-31(35)34-26)19-27(36)33-17-15-22-11-7-8-16-32-22/h4-14,16,18,20,29H,3,15,17,19H2,1-2H3,(H,33,36)/t29-/m0/s1. The molecule has 2 aromatic carbocycles. The molecule has 0 unspecified atom stereocenters. The summed E-state index contributed by atoms with van der Waals surface area (Å²) >= 11 is 1.45. The molecule has 40 heavy (non-hydrogen) atoms. The van der Waals surface area contributed by atoms with E-state index < -0.39 is 12.0 Å². The molecule has 1 N–H and O–H groups in total. The van der Waals surface area contributed by atoms with Crippen LogP contribution in [0.4, 0.5) is 0 Å². The molecule has 0 spiro atoms. The van der Waals surface area contributed by atoms with Crippen LogP contribution in [0.1, 0.15) is 37.1 Å². The Labute approximate surface area is 237 Å². The fourth-order valence-corrected chi connectivity index (χ4v) is 5.64. The summed E-state index contributed by atoms with van der Waals surface area (Å²) in [5.74, 6) is 0.784. The van der Waals surface area contributed by atoms with Crippen LogP contribution < -0.4 is 10.1 Å². The molecule has 0 fully saturated rings. The van der Waals surface area contributed by atoms with Gasteiger partial charge in [-0.2, -0.15) is 0 Å². The molecule has 5 rings (SSSR count). The third-order valence-corrected chi connectivity index (χ3v) is 7.44. The number of aliphatic imine (C=N–C) groups is 1. The molecular weight excluding hydrogens is 524 g/mol. The Bertz CT molecular complexity index is 1470. The smallest absolute Gasteiger partial charge is 0.338 e. The highest BCUT2D eigenvalue weighted by molar-refractivity contribution is 8.16. The number of para-hydroxylation sites is 1. The number of hydrogen-bond acceptors (Lipinski definition) is 8. The predicted molar refractivity (Wildman–Crippen MR) is 156 cm³/mol. The Morgan fingerprint density at radius 2 is 1.82 bits per heavy atom. The first-order valence-corrected chi connectivity index (χ1v) is 14.0. The quantitative estimate of drug-likeness (QED) is 0.319. The van der Waals surface area contributed by atoms with Crippen LogP contribution in [0.15, 0.2) is 106 Å². The summed E-state index contributed by atoms with van der Waals surface area (Å²) in [6, 6.07) is 22.4. The Morgan fingerprint density at radius 3 is 2.58 bits per heavy atom. The van der Waals surface area contributed by atoms with Crippen LogP contribution >= 0.6 is 11.8 Å². The second-order valence-corrected chi connectivity index (χ2v) is 10.0. The third-order valence-electron chi connectivity index (χ3n) is 6.55. The molecule has 3 aromatic rings. The van der Waals surface area contributed by atoms with Crippen LogP contribution in [0, 0.1) is 0 Å². The van der Waals surface area contributed by atoms with Gasteiger partial charge in [-0.3, -0.25) is 9.78 Å². The monoisotopic (exact) mass is 554 g/mol. The highest BCUT2D eigenvalue weighted by Crippen LogP contribution is 2.46. The molecule has 0 radical (unpaired) electrons. The lowest BCUT2D eigenvalue weighted by Gasteiger charge is -2.36. The molecule has 2 aliphatic rings. The first-order valence-electron chi connectivity index (χ1n) is 13.1. The summed E-state index contributed by atoms with van der Waals surface area (Å²) in [5, 5.41) is 5.65. The van der Waals surface area contributed by atoms with Crippen molar-refractivity contribution in [1.29, 1.82) is 0 Å². The molecule has 1 atom stereocenters. The fourth-order valence-electron chi connectivity index (χ4n) is 4.70. The lowest BCUT2D eigenvalue weighted by Crippen LogP contribution is -2.38. The van der Waals surface area contributed by atoms with Gasteiger partial charge in [-0.25, -0.2) is 9.79 Å². The lowest BCUT2D eigenvalue weighted by molar-refractivity contribution is -0.136. The fraction of sp³-hybridized carbons (Fsp3) is 0.226. The minimum Gasteiger partial charge on any atom is -0.466 e. The number of amidine groups is 1. The highest BCUT2D eigenvalue weighted by atomic mass is 32.2. The van der Waals surface area contributed by atoms with Crippen LogP contribution in [0.25, 0.3) is 0 Å². The molecule has 1 aromatic heterocycles. The molecule has 0 aliphatic carbocycles. The number of benzene rings is 2. The normalized spacial score (nSPS) is 16.1. The Hall–Kier alpha value is -4.37. The number of fused-ring (bicyclic) bond motifs is 1. The number of carbonyl (C=O) groups is 2. The topological polar surface area (TPSA) is 93.1 Å². The Morgan fingerprint density at radius 1 is 1.02 bits per heavy atom.